The number of hydrogen-bond acceptors (Lipinski definition) is 22. The standard InChI is InChI=1S/C30H41IN4O6.C30H40N4O6.C18H22N4O2.C18H20N4O2.B.Na.H/c1-20-23(19-33-35(20)26-8-5-6-13-38-26)27(36)34(12-7-11-32-28(37)41-29(2,3)4)25-17-22-18-30(39-14-15-40-30)10-9-21(22)16-24(25)31;1-19-25-26(32-34(19)24-8-5-6-13-37-24)22-16-20-9-10-30(38-14-15-39-30)18-21(20)17-23(22)33(27(25)35)12-7-11-31-28(36)40-29(2,3)4;2*1-10-16-17(21-20-10)14-8-11-3-4-13(23)7-12(11)9-15(14)22(18(16)24)6-2-5-19;;;/h16-17,19,26H,5-15,18H2,1-4H3,(H,32,37);16-17,24H,5-15,18H2,1-4H3,(H,31,36);8-9,13,23H,2-7,19H2,1H3,(H,20,21);8-9H,2-7,19H2,1H3,(H,20,21);;;/q;;;;;+1;-1. The van der Waals surface area contributed by atoms with Crippen LogP contribution in [0.15, 0.2) is 69.1 Å². The summed E-state index contributed by atoms with van der Waals surface area (Å²) in [6.45, 7) is 26.3. The van der Waals surface area contributed by atoms with E-state index in [4.69, 9.17) is 54.5 Å². The van der Waals surface area contributed by atoms with Crippen LogP contribution in [0, 0.1) is 31.3 Å². The number of benzene rings is 4. The van der Waals surface area contributed by atoms with Gasteiger partial charge in [0.15, 0.2) is 11.6 Å². The van der Waals surface area contributed by atoms with Gasteiger partial charge in [0.05, 0.1) is 94.1 Å². The Hall–Kier alpha value is -8.76. The number of aromatic nitrogens is 11. The van der Waals surface area contributed by atoms with E-state index in [-0.39, 0.29) is 86.3 Å². The number of nitrogens with two attached hydrogens (primary N) is 2. The van der Waals surface area contributed by atoms with Crippen LogP contribution in [0.25, 0.3) is 65.4 Å². The molecule has 4 aliphatic carbocycles. The van der Waals surface area contributed by atoms with Crippen LogP contribution >= 0.6 is 22.6 Å². The smallest absolute Gasteiger partial charge is 1.00 e. The average Bonchev–Trinajstić information content (AvgIpc) is 1.53. The maximum Gasteiger partial charge on any atom is 1.00 e. The Bertz CT molecular complexity index is 6280. The zero-order valence-electron chi connectivity index (χ0n) is 78.5. The fourth-order valence-corrected chi connectivity index (χ4v) is 20.3. The van der Waals surface area contributed by atoms with Crippen molar-refractivity contribution < 1.29 is 93.2 Å². The van der Waals surface area contributed by atoms with E-state index in [9.17, 15) is 38.7 Å². The number of nitrogens with one attached hydrogen (secondary N) is 4. The molecular weight excluding hydrogens is 1790 g/mol. The van der Waals surface area contributed by atoms with E-state index in [1.165, 1.54) is 22.3 Å². The molecule has 131 heavy (non-hydrogen) atoms. The molecule has 8 aliphatic rings. The number of alkyl carbamates (subject to hydrolysis) is 2. The van der Waals surface area contributed by atoms with E-state index in [0.717, 1.165) is 200 Å². The van der Waals surface area contributed by atoms with E-state index in [1.807, 2.05) is 98.7 Å². The normalized spacial score (nSPS) is 18.5. The van der Waals surface area contributed by atoms with Gasteiger partial charge in [-0.3, -0.25) is 34.2 Å². The van der Waals surface area contributed by atoms with Crippen LogP contribution in [0.2, 0.25) is 0 Å². The van der Waals surface area contributed by atoms with Crippen molar-refractivity contribution in [2.75, 3.05) is 77.3 Å². The predicted molar refractivity (Wildman–Crippen MR) is 507 cm³/mol. The fraction of sp³-hybridized carbons (Fsp3) is 0.552. The first kappa shape index (κ1) is 98.2. The second kappa shape index (κ2) is 41.6. The minimum atomic E-state index is -0.574. The monoisotopic (exact) mass is 1920 g/mol. The predicted octanol–water partition coefficient (Wildman–Crippen LogP) is 9.51. The van der Waals surface area contributed by atoms with Gasteiger partial charge in [0.2, 0.25) is 0 Å². The summed E-state index contributed by atoms with van der Waals surface area (Å²) in [5.41, 5.74) is 28.8. The number of hydrogen-bond donors (Lipinski definition) is 7. The van der Waals surface area contributed by atoms with Gasteiger partial charge in [0, 0.05) is 131 Å². The molecule has 4 saturated heterocycles. The molecule has 11 heterocycles. The van der Waals surface area contributed by atoms with Crippen molar-refractivity contribution in [1.82, 2.24) is 64.3 Å². The van der Waals surface area contributed by atoms with E-state index in [2.05, 4.69) is 101 Å². The van der Waals surface area contributed by atoms with Crippen LogP contribution in [0.3, 0.4) is 0 Å². The first-order valence-electron chi connectivity index (χ1n) is 46.0. The van der Waals surface area contributed by atoms with Crippen LogP contribution in [0.1, 0.15) is 223 Å². The fourth-order valence-electron chi connectivity index (χ4n) is 19.5. The molecule has 9 N–H and O–H groups in total. The number of ketones is 1. The van der Waals surface area contributed by atoms with Gasteiger partial charge in [-0.15, -0.1) is 0 Å². The zero-order chi connectivity index (χ0) is 91.0. The number of ether oxygens (including phenoxy) is 8. The Labute approximate surface area is 800 Å². The van der Waals surface area contributed by atoms with Crippen LogP contribution in [-0.2, 0) is 114 Å². The molecule has 3 radical (unpaired) electrons. The number of carbonyl (C=O) groups is 4. The molecule has 3 atom stereocenters. The molecule has 4 fully saturated rings. The Morgan fingerprint density at radius 3 is 1.56 bits per heavy atom. The molecule has 3 amide bonds. The van der Waals surface area contributed by atoms with Gasteiger partial charge < -0.3 is 85.1 Å². The number of anilines is 1. The number of aliphatic hydroxyl groups is 1. The summed E-state index contributed by atoms with van der Waals surface area (Å²) < 4.78 is 57.0. The van der Waals surface area contributed by atoms with Crippen molar-refractivity contribution >= 4 is 126 Å². The first-order chi connectivity index (χ1) is 61.9. The van der Waals surface area contributed by atoms with E-state index in [0.29, 0.717) is 159 Å². The summed E-state index contributed by atoms with van der Waals surface area (Å²) in [5, 5.41) is 44.7. The van der Waals surface area contributed by atoms with Crippen molar-refractivity contribution in [2.24, 2.45) is 11.5 Å². The summed E-state index contributed by atoms with van der Waals surface area (Å²) in [7, 11) is 0. The number of Topliss-reactive ketones (excluding diaryl/α,β-unsaturated/α-hetero) is 1. The molecule has 7 aromatic heterocycles. The van der Waals surface area contributed by atoms with E-state index >= 15 is 0 Å². The van der Waals surface area contributed by atoms with Gasteiger partial charge in [-0.05, 0) is 301 Å². The molecule has 11 aromatic rings. The minimum Gasteiger partial charge on any atom is -1.00 e. The zero-order valence-corrected chi connectivity index (χ0v) is 81.7. The van der Waals surface area contributed by atoms with Crippen molar-refractivity contribution in [3.05, 3.63) is 162 Å². The van der Waals surface area contributed by atoms with Crippen LogP contribution in [-0.4, -0.2) is 192 Å². The van der Waals surface area contributed by atoms with Crippen LogP contribution in [0.4, 0.5) is 15.3 Å². The number of aliphatic hydroxyl groups excluding tert-OH is 1. The van der Waals surface area contributed by atoms with Crippen molar-refractivity contribution in [1.29, 1.82) is 0 Å². The summed E-state index contributed by atoms with van der Waals surface area (Å²) in [5.74, 6) is -1.00. The molecule has 0 saturated carbocycles. The number of aromatic amines is 2. The van der Waals surface area contributed by atoms with Crippen molar-refractivity contribution in [3.8, 4) is 0 Å². The Morgan fingerprint density at radius 1 is 0.565 bits per heavy atom. The summed E-state index contributed by atoms with van der Waals surface area (Å²) in [4.78, 5) is 92.2. The third-order valence-corrected chi connectivity index (χ3v) is 26.8. The molecular formula is C96H124BIN16NaO16. The number of H-pyrrole nitrogens is 2. The molecule has 2 spiro atoms. The number of carbonyl (C=O) groups excluding carboxylic acids is 4. The number of halogens is 1. The molecule has 4 aromatic carbocycles. The number of fused-ring (bicyclic) bond motifs is 13. The molecule has 3 unspecified atom stereocenters. The SMILES string of the molecule is Cc1[nH]nc2c1c(=O)n(CCCN)c1cc3c(cc21)CCC(=O)C3.Cc1[nH]nc2c1c(=O)n(CCCN)c1cc3c(cc21)CCC(O)C3.Cc1c(C(=O)N(CCCNC(=O)OC(C)(C)C)c2cc3c(cc2I)CCC2(C3)OCCO2)cnn1C1CCCCO1.Cc1c2c(=O)n(CCCNC(=O)OC(C)(C)C)c3cc4c(cc3c2nn1C1CCCCO1)CCC1(C4)OCCO1.[B].[H-].[Na+]. The van der Waals surface area contributed by atoms with Gasteiger partial charge in [-0.2, -0.15) is 20.4 Å². The first-order valence-corrected chi connectivity index (χ1v) is 47.1. The molecule has 695 valence electrons. The number of rotatable bonds is 18. The average molecular weight is 1920 g/mol. The summed E-state index contributed by atoms with van der Waals surface area (Å²) in [6, 6.07) is 17.0. The van der Waals surface area contributed by atoms with Gasteiger partial charge in [0.1, 0.15) is 46.0 Å². The van der Waals surface area contributed by atoms with Gasteiger partial charge in [0.25, 0.3) is 22.6 Å². The molecule has 19 rings (SSSR count). The topological polar surface area (TPSA) is 401 Å². The third kappa shape index (κ3) is 21.3. The van der Waals surface area contributed by atoms with Gasteiger partial charge >= 0.3 is 41.7 Å². The number of aryl methyl sites for hydroxylation is 10. The number of pyridine rings is 3. The summed E-state index contributed by atoms with van der Waals surface area (Å²) in [6.07, 6.45) is 17.5. The van der Waals surface area contributed by atoms with Gasteiger partial charge in [-0.1, -0.05) is 0 Å². The van der Waals surface area contributed by atoms with Crippen molar-refractivity contribution in [3.63, 3.8) is 0 Å². The van der Waals surface area contributed by atoms with Crippen LogP contribution < -0.4 is 73.2 Å². The maximum atomic E-state index is 14.2. The Morgan fingerprint density at radius 2 is 1.04 bits per heavy atom. The number of nitrogens with zero attached hydrogens (tertiary/aromatic N) is 10. The Balaban J connectivity index is 0.000000153. The van der Waals surface area contributed by atoms with E-state index in [1.54, 1.807) is 10.8 Å². The van der Waals surface area contributed by atoms with Gasteiger partial charge in [-0.25, -0.2) is 19.0 Å². The quantitative estimate of drug-likeness (QED) is 0.0239. The molecule has 4 aliphatic heterocycles. The third-order valence-electron chi connectivity index (χ3n) is 25.9. The largest absolute Gasteiger partial charge is 1.00 e. The maximum absolute atomic E-state index is 14.2. The van der Waals surface area contributed by atoms with Crippen LogP contribution in [0.5, 0.6) is 0 Å². The second-order valence-corrected chi connectivity index (χ2v) is 38.6. The van der Waals surface area contributed by atoms with Crippen molar-refractivity contribution in [2.45, 2.75) is 271 Å². The molecule has 0 bridgehead atoms. The summed E-state index contributed by atoms with van der Waals surface area (Å²) >= 11 is 2.32. The molecule has 32 nitrogen and oxygen atoms in total. The Kier molecular flexibility index (Phi) is 31.2. The minimum absolute atomic E-state index is 0. The van der Waals surface area contributed by atoms with E-state index < -0.39 is 35.0 Å². The molecule has 35 heteroatoms. The number of amides is 3. The second-order valence-electron chi connectivity index (χ2n) is 37.5.